The summed E-state index contributed by atoms with van der Waals surface area (Å²) in [6, 6.07) is -0.717. The maximum absolute atomic E-state index is 12.3. The molecule has 0 aromatic carbocycles. The van der Waals surface area contributed by atoms with E-state index in [-0.39, 0.29) is 17.4 Å². The summed E-state index contributed by atoms with van der Waals surface area (Å²) in [6.07, 6.45) is 2.20. The normalized spacial score (nSPS) is 27.7. The molecule has 0 radical (unpaired) electrons. The number of nitrogens with zero attached hydrogens (tertiary/aromatic N) is 2. The van der Waals surface area contributed by atoms with Crippen molar-refractivity contribution in [1.82, 2.24) is 15.1 Å². The Hall–Kier alpha value is -0.950. The highest BCUT2D eigenvalue weighted by Crippen LogP contribution is 2.45. The smallest absolute Gasteiger partial charge is 0.327 e. The number of urea groups is 1. The van der Waals surface area contributed by atoms with Gasteiger partial charge in [-0.3, -0.25) is 4.90 Å². The van der Waals surface area contributed by atoms with E-state index in [1.807, 2.05) is 25.9 Å². The SMILES string of the molecule is CC(CNC(=O)N1C(C(=O)O)CSC1C1CC1)N(C)C. The number of thioether (sulfide) groups is 1. The van der Waals surface area contributed by atoms with E-state index in [0.717, 1.165) is 12.8 Å². The second-order valence-corrected chi connectivity index (χ2v) is 6.97. The summed E-state index contributed by atoms with van der Waals surface area (Å²) < 4.78 is 0. The lowest BCUT2D eigenvalue weighted by Crippen LogP contribution is -2.52. The predicted molar refractivity (Wildman–Crippen MR) is 78.8 cm³/mol. The first-order valence-electron chi connectivity index (χ1n) is 6.98. The van der Waals surface area contributed by atoms with Gasteiger partial charge in [0, 0.05) is 18.3 Å². The third-order valence-corrected chi connectivity index (χ3v) is 5.47. The Kier molecular flexibility index (Phi) is 4.80. The summed E-state index contributed by atoms with van der Waals surface area (Å²) in [5.41, 5.74) is 0. The van der Waals surface area contributed by atoms with E-state index in [4.69, 9.17) is 0 Å². The number of hydrogen-bond donors (Lipinski definition) is 2. The predicted octanol–water partition coefficient (Wildman–Crippen LogP) is 0.884. The zero-order valence-corrected chi connectivity index (χ0v) is 13.0. The van der Waals surface area contributed by atoms with Crippen LogP contribution in [-0.2, 0) is 4.79 Å². The van der Waals surface area contributed by atoms with Gasteiger partial charge < -0.3 is 15.3 Å². The number of rotatable bonds is 5. The van der Waals surface area contributed by atoms with E-state index in [1.54, 1.807) is 16.7 Å². The van der Waals surface area contributed by atoms with Crippen LogP contribution in [0.5, 0.6) is 0 Å². The summed E-state index contributed by atoms with van der Waals surface area (Å²) in [5, 5.41) is 12.2. The quantitative estimate of drug-likeness (QED) is 0.789. The van der Waals surface area contributed by atoms with Gasteiger partial charge in [0.25, 0.3) is 0 Å². The fourth-order valence-corrected chi connectivity index (χ4v) is 3.86. The molecule has 3 unspecified atom stereocenters. The van der Waals surface area contributed by atoms with Crippen molar-refractivity contribution in [1.29, 1.82) is 0 Å². The molecule has 1 heterocycles. The van der Waals surface area contributed by atoms with Crippen molar-refractivity contribution in [2.45, 2.75) is 37.2 Å². The topological polar surface area (TPSA) is 72.9 Å². The van der Waals surface area contributed by atoms with Gasteiger partial charge in [0.05, 0.1) is 5.37 Å². The summed E-state index contributed by atoms with van der Waals surface area (Å²) in [4.78, 5) is 27.2. The lowest BCUT2D eigenvalue weighted by atomic mass is 10.2. The minimum Gasteiger partial charge on any atom is -0.480 e. The monoisotopic (exact) mass is 301 g/mol. The molecule has 20 heavy (non-hydrogen) atoms. The number of hydrogen-bond acceptors (Lipinski definition) is 4. The molecule has 0 spiro atoms. The molecule has 0 bridgehead atoms. The van der Waals surface area contributed by atoms with E-state index in [0.29, 0.717) is 18.2 Å². The highest BCUT2D eigenvalue weighted by Gasteiger charge is 2.48. The molecule has 2 rings (SSSR count). The summed E-state index contributed by atoms with van der Waals surface area (Å²) in [7, 11) is 3.91. The third kappa shape index (κ3) is 3.38. The van der Waals surface area contributed by atoms with Gasteiger partial charge in [-0.2, -0.15) is 0 Å². The van der Waals surface area contributed by atoms with Gasteiger partial charge in [-0.15, -0.1) is 11.8 Å². The van der Waals surface area contributed by atoms with Crippen LogP contribution in [-0.4, -0.2) is 70.8 Å². The van der Waals surface area contributed by atoms with E-state index in [1.165, 1.54) is 0 Å². The van der Waals surface area contributed by atoms with Crippen LogP contribution in [0.1, 0.15) is 19.8 Å². The molecule has 2 N–H and O–H groups in total. The van der Waals surface area contributed by atoms with Crippen molar-refractivity contribution < 1.29 is 14.7 Å². The number of carboxylic acid groups (broad SMARTS) is 1. The zero-order chi connectivity index (χ0) is 14.9. The fraction of sp³-hybridized carbons (Fsp3) is 0.846. The maximum atomic E-state index is 12.3. The number of nitrogens with one attached hydrogen (secondary N) is 1. The molecular formula is C13H23N3O3S. The lowest BCUT2D eigenvalue weighted by molar-refractivity contribution is -0.141. The molecular weight excluding hydrogens is 278 g/mol. The summed E-state index contributed by atoms with van der Waals surface area (Å²) in [5.74, 6) is 0.0606. The minimum absolute atomic E-state index is 0.0331. The van der Waals surface area contributed by atoms with Gasteiger partial charge in [-0.05, 0) is 39.8 Å². The second kappa shape index (κ2) is 6.22. The van der Waals surface area contributed by atoms with Crippen LogP contribution in [0, 0.1) is 5.92 Å². The lowest BCUT2D eigenvalue weighted by Gasteiger charge is -2.29. The first kappa shape index (κ1) is 15.4. The van der Waals surface area contributed by atoms with Crippen LogP contribution in [0.15, 0.2) is 0 Å². The first-order chi connectivity index (χ1) is 9.41. The van der Waals surface area contributed by atoms with Crippen LogP contribution in [0.4, 0.5) is 4.79 Å². The third-order valence-electron chi connectivity index (χ3n) is 4.01. The van der Waals surface area contributed by atoms with Gasteiger partial charge in [-0.25, -0.2) is 9.59 Å². The molecule has 2 aliphatic rings. The second-order valence-electron chi connectivity index (χ2n) is 5.82. The number of amides is 2. The van der Waals surface area contributed by atoms with E-state index >= 15 is 0 Å². The molecule has 2 fully saturated rings. The molecule has 6 nitrogen and oxygen atoms in total. The van der Waals surface area contributed by atoms with Crippen molar-refractivity contribution in [2.24, 2.45) is 5.92 Å². The van der Waals surface area contributed by atoms with Gasteiger partial charge in [0.15, 0.2) is 0 Å². The minimum atomic E-state index is -0.906. The van der Waals surface area contributed by atoms with Crippen molar-refractivity contribution in [3.05, 3.63) is 0 Å². The molecule has 0 aromatic rings. The Labute approximate surface area is 123 Å². The van der Waals surface area contributed by atoms with Gasteiger partial charge in [0.1, 0.15) is 6.04 Å². The van der Waals surface area contributed by atoms with Crippen LogP contribution >= 0.6 is 11.8 Å². The zero-order valence-electron chi connectivity index (χ0n) is 12.2. The molecule has 1 aliphatic carbocycles. The van der Waals surface area contributed by atoms with Crippen LogP contribution in [0.2, 0.25) is 0 Å². The molecule has 114 valence electrons. The number of carboxylic acids is 1. The molecule has 1 saturated heterocycles. The molecule has 3 atom stereocenters. The van der Waals surface area contributed by atoms with E-state index in [9.17, 15) is 14.7 Å². The van der Waals surface area contributed by atoms with Crippen molar-refractivity contribution >= 4 is 23.8 Å². The molecule has 7 heteroatoms. The average molecular weight is 301 g/mol. The Balaban J connectivity index is 1.98. The Morgan fingerprint density at radius 1 is 1.45 bits per heavy atom. The van der Waals surface area contributed by atoms with Gasteiger partial charge in [-0.1, -0.05) is 0 Å². The Morgan fingerprint density at radius 2 is 2.10 bits per heavy atom. The van der Waals surface area contributed by atoms with Crippen LogP contribution in [0.3, 0.4) is 0 Å². The molecule has 1 aliphatic heterocycles. The molecule has 0 aromatic heterocycles. The largest absolute Gasteiger partial charge is 0.480 e. The van der Waals surface area contributed by atoms with Crippen LogP contribution < -0.4 is 5.32 Å². The summed E-state index contributed by atoms with van der Waals surface area (Å²) >= 11 is 1.60. The number of carbonyl (C=O) groups is 2. The highest BCUT2D eigenvalue weighted by molar-refractivity contribution is 8.00. The number of likely N-dealkylation sites (N-methyl/N-ethyl adjacent to an activating group) is 1. The standard InChI is InChI=1S/C13H23N3O3S/c1-8(15(2)3)6-14-13(19)16-10(12(17)18)7-20-11(16)9-4-5-9/h8-11H,4-7H2,1-3H3,(H,14,19)(H,17,18). The van der Waals surface area contributed by atoms with Crippen molar-refractivity contribution in [3.8, 4) is 0 Å². The number of carbonyl (C=O) groups excluding carboxylic acids is 1. The van der Waals surface area contributed by atoms with E-state index < -0.39 is 12.0 Å². The van der Waals surface area contributed by atoms with Gasteiger partial charge >= 0.3 is 12.0 Å². The highest BCUT2D eigenvalue weighted by atomic mass is 32.2. The Morgan fingerprint density at radius 3 is 2.60 bits per heavy atom. The first-order valence-corrected chi connectivity index (χ1v) is 8.03. The van der Waals surface area contributed by atoms with E-state index in [2.05, 4.69) is 5.32 Å². The van der Waals surface area contributed by atoms with Crippen molar-refractivity contribution in [2.75, 3.05) is 26.4 Å². The molecule has 1 saturated carbocycles. The van der Waals surface area contributed by atoms with Crippen LogP contribution in [0.25, 0.3) is 0 Å². The van der Waals surface area contributed by atoms with Crippen molar-refractivity contribution in [3.63, 3.8) is 0 Å². The maximum Gasteiger partial charge on any atom is 0.327 e. The molecule has 2 amide bonds. The Bertz CT molecular complexity index is 387. The summed E-state index contributed by atoms with van der Waals surface area (Å²) in [6.45, 7) is 2.54. The average Bonchev–Trinajstić information content (AvgIpc) is 3.13. The number of aliphatic carboxylic acids is 1. The fourth-order valence-electron chi connectivity index (χ4n) is 2.23. The van der Waals surface area contributed by atoms with Gasteiger partial charge in [0.2, 0.25) is 0 Å².